The van der Waals surface area contributed by atoms with Crippen LogP contribution in [0.1, 0.15) is 0 Å². The normalized spacial score (nSPS) is 28.1. The molecule has 0 aromatic carbocycles. The summed E-state index contributed by atoms with van der Waals surface area (Å²) in [6.07, 6.45) is 0. The summed E-state index contributed by atoms with van der Waals surface area (Å²) in [5.41, 5.74) is 0. The highest BCUT2D eigenvalue weighted by molar-refractivity contribution is 7.95. The summed E-state index contributed by atoms with van der Waals surface area (Å²) in [4.78, 5) is 11.3. The van der Waals surface area contributed by atoms with Crippen LogP contribution in [-0.4, -0.2) is 32.6 Å². The predicted octanol–water partition coefficient (Wildman–Crippen LogP) is 1.66. The molecule has 4 nitrogen and oxygen atoms in total. The van der Waals surface area contributed by atoms with E-state index in [1.165, 1.54) is 0 Å². The molecule has 0 aromatic heterocycles. The van der Waals surface area contributed by atoms with Crippen LogP contribution >= 0.6 is 58.0 Å². The minimum Gasteiger partial charge on any atom is -0.270 e. The van der Waals surface area contributed by atoms with E-state index in [1.54, 1.807) is 0 Å². The third-order valence-electron chi connectivity index (χ3n) is 1.58. The molecule has 0 spiro atoms. The van der Waals surface area contributed by atoms with Crippen LogP contribution in [-0.2, 0) is 14.8 Å². The van der Waals surface area contributed by atoms with Gasteiger partial charge in [-0.25, -0.2) is 12.7 Å². The number of carbonyl (C=O) groups excluding carboxylic acids is 1. The van der Waals surface area contributed by atoms with Crippen LogP contribution in [0.4, 0.5) is 0 Å². The van der Waals surface area contributed by atoms with E-state index in [2.05, 4.69) is 0 Å². The van der Waals surface area contributed by atoms with Crippen molar-refractivity contribution in [2.45, 2.75) is 8.00 Å². The number of halogens is 5. The zero-order valence-electron chi connectivity index (χ0n) is 6.18. The standard InChI is InChI=1S/C4H2Cl5NO3S/c5-1-10-2(11)3(6,7)4(8,9)14(10,12)13/h1H2. The third-order valence-corrected chi connectivity index (χ3v) is 7.03. The second-order valence-electron chi connectivity index (χ2n) is 2.37. The van der Waals surface area contributed by atoms with Crippen LogP contribution in [0, 0.1) is 0 Å². The number of alkyl halides is 5. The SMILES string of the molecule is O=C1N(CCl)S(=O)(=O)C(Cl)(Cl)C1(Cl)Cl. The quantitative estimate of drug-likeness (QED) is 0.545. The molecular formula is C4H2Cl5NO3S. The van der Waals surface area contributed by atoms with Crippen LogP contribution in [0.2, 0.25) is 0 Å². The molecule has 10 heteroatoms. The zero-order valence-corrected chi connectivity index (χ0v) is 10.8. The molecule has 0 radical (unpaired) electrons. The van der Waals surface area contributed by atoms with Crippen LogP contribution in [0.3, 0.4) is 0 Å². The first-order valence-electron chi connectivity index (χ1n) is 2.99. The predicted molar refractivity (Wildman–Crippen MR) is 55.4 cm³/mol. The Morgan fingerprint density at radius 3 is 1.79 bits per heavy atom. The first-order valence-corrected chi connectivity index (χ1v) is 6.47. The van der Waals surface area contributed by atoms with E-state index >= 15 is 0 Å². The molecule has 0 aliphatic carbocycles. The smallest absolute Gasteiger partial charge is 0.270 e. The van der Waals surface area contributed by atoms with Crippen molar-refractivity contribution in [3.05, 3.63) is 0 Å². The van der Waals surface area contributed by atoms with Crippen LogP contribution < -0.4 is 0 Å². The third kappa shape index (κ3) is 1.33. The van der Waals surface area contributed by atoms with E-state index in [4.69, 9.17) is 58.0 Å². The monoisotopic (exact) mass is 319 g/mol. The number of amides is 1. The minimum atomic E-state index is -4.35. The molecule has 0 bridgehead atoms. The van der Waals surface area contributed by atoms with Crippen molar-refractivity contribution in [2.75, 3.05) is 6.00 Å². The molecule has 1 amide bonds. The van der Waals surface area contributed by atoms with E-state index in [0.717, 1.165) is 0 Å². The Balaban J connectivity index is 3.46. The maximum Gasteiger partial charge on any atom is 0.279 e. The van der Waals surface area contributed by atoms with E-state index < -0.39 is 29.9 Å². The fourth-order valence-electron chi connectivity index (χ4n) is 0.809. The largest absolute Gasteiger partial charge is 0.279 e. The van der Waals surface area contributed by atoms with Crippen molar-refractivity contribution < 1.29 is 13.2 Å². The van der Waals surface area contributed by atoms with Crippen molar-refractivity contribution in [1.82, 2.24) is 4.31 Å². The van der Waals surface area contributed by atoms with Crippen molar-refractivity contribution in [1.29, 1.82) is 0 Å². The fourth-order valence-corrected chi connectivity index (χ4v) is 4.03. The molecule has 1 fully saturated rings. The molecule has 0 saturated carbocycles. The molecule has 1 aliphatic heterocycles. The Hall–Kier alpha value is 0.870. The molecule has 82 valence electrons. The van der Waals surface area contributed by atoms with Crippen molar-refractivity contribution in [3.63, 3.8) is 0 Å². The number of sulfonamides is 1. The average Bonchev–Trinajstić information content (AvgIpc) is 2.10. The molecular weight excluding hydrogens is 319 g/mol. The zero-order chi connectivity index (χ0) is 11.4. The van der Waals surface area contributed by atoms with Gasteiger partial charge in [-0.1, -0.05) is 46.4 Å². The van der Waals surface area contributed by atoms with E-state index in [-0.39, 0.29) is 4.31 Å². The lowest BCUT2D eigenvalue weighted by Gasteiger charge is -2.18. The van der Waals surface area contributed by atoms with E-state index in [0.29, 0.717) is 0 Å². The van der Waals surface area contributed by atoms with Gasteiger partial charge in [0.25, 0.3) is 19.6 Å². The van der Waals surface area contributed by atoms with Gasteiger partial charge in [0.15, 0.2) is 0 Å². The topological polar surface area (TPSA) is 54.5 Å². The van der Waals surface area contributed by atoms with Crippen molar-refractivity contribution in [2.24, 2.45) is 0 Å². The maximum atomic E-state index is 11.5. The minimum absolute atomic E-state index is 0.217. The molecule has 1 saturated heterocycles. The highest BCUT2D eigenvalue weighted by Gasteiger charge is 2.72. The van der Waals surface area contributed by atoms with Crippen LogP contribution in [0.25, 0.3) is 0 Å². The van der Waals surface area contributed by atoms with Gasteiger partial charge in [0.05, 0.1) is 0 Å². The average molecular weight is 321 g/mol. The van der Waals surface area contributed by atoms with E-state index in [1.807, 2.05) is 0 Å². The Labute approximate surface area is 105 Å². The molecule has 1 heterocycles. The number of carbonyl (C=O) groups is 1. The van der Waals surface area contributed by atoms with Crippen LogP contribution in [0.5, 0.6) is 0 Å². The van der Waals surface area contributed by atoms with Crippen molar-refractivity contribution >= 4 is 73.9 Å². The summed E-state index contributed by atoms with van der Waals surface area (Å²) < 4.78 is 18.1. The second kappa shape index (κ2) is 3.43. The molecule has 0 unspecified atom stereocenters. The molecule has 0 aromatic rings. The summed E-state index contributed by atoms with van der Waals surface area (Å²) in [6.45, 7) is 0. The Kier molecular flexibility index (Phi) is 3.17. The molecule has 1 rings (SSSR count). The second-order valence-corrected chi connectivity index (χ2v) is 7.71. The van der Waals surface area contributed by atoms with Gasteiger partial charge in [-0.3, -0.25) is 4.79 Å². The Morgan fingerprint density at radius 2 is 1.64 bits per heavy atom. The van der Waals surface area contributed by atoms with Gasteiger partial charge >= 0.3 is 0 Å². The van der Waals surface area contributed by atoms with Gasteiger partial charge in [0.1, 0.15) is 6.00 Å². The molecule has 14 heavy (non-hydrogen) atoms. The van der Waals surface area contributed by atoms with Gasteiger partial charge in [0.2, 0.25) is 4.33 Å². The Morgan fingerprint density at radius 1 is 1.21 bits per heavy atom. The van der Waals surface area contributed by atoms with Gasteiger partial charge in [-0.2, -0.15) is 0 Å². The lowest BCUT2D eigenvalue weighted by molar-refractivity contribution is -0.125. The highest BCUT2D eigenvalue weighted by Crippen LogP contribution is 2.54. The number of nitrogens with zero attached hydrogens (tertiary/aromatic N) is 1. The maximum absolute atomic E-state index is 11.5. The van der Waals surface area contributed by atoms with Gasteiger partial charge in [-0.15, -0.1) is 11.6 Å². The van der Waals surface area contributed by atoms with Crippen LogP contribution in [0.15, 0.2) is 0 Å². The van der Waals surface area contributed by atoms with Gasteiger partial charge in [-0.05, 0) is 0 Å². The van der Waals surface area contributed by atoms with E-state index in [9.17, 15) is 13.2 Å². The lowest BCUT2D eigenvalue weighted by Crippen LogP contribution is -2.38. The summed E-state index contributed by atoms with van der Waals surface area (Å²) in [6, 6.07) is -0.649. The summed E-state index contributed by atoms with van der Waals surface area (Å²) in [7, 11) is -4.35. The summed E-state index contributed by atoms with van der Waals surface area (Å²) in [5.74, 6) is -1.17. The fraction of sp³-hybridized carbons (Fsp3) is 0.750. The molecule has 0 N–H and O–H groups in total. The summed E-state index contributed by atoms with van der Waals surface area (Å²) in [5, 5.41) is 0. The number of hydrogen-bond donors (Lipinski definition) is 0. The lowest BCUT2D eigenvalue weighted by atomic mass is 10.4. The Bertz CT molecular complexity index is 376. The van der Waals surface area contributed by atoms with Gasteiger partial charge in [0, 0.05) is 0 Å². The highest BCUT2D eigenvalue weighted by atomic mass is 35.5. The molecule has 0 atom stereocenters. The van der Waals surface area contributed by atoms with Crippen molar-refractivity contribution in [3.8, 4) is 0 Å². The van der Waals surface area contributed by atoms with Gasteiger partial charge < -0.3 is 0 Å². The first kappa shape index (κ1) is 12.9. The summed E-state index contributed by atoms with van der Waals surface area (Å²) >= 11 is 26.9. The number of rotatable bonds is 1. The number of hydrogen-bond acceptors (Lipinski definition) is 3. The molecule has 1 aliphatic rings. The first-order chi connectivity index (χ1) is 6.10.